The van der Waals surface area contributed by atoms with Crippen LogP contribution in [0.1, 0.15) is 33.4 Å². The molecule has 0 bridgehead atoms. The third kappa shape index (κ3) is 13.3. The van der Waals surface area contributed by atoms with Crippen molar-refractivity contribution in [3.63, 3.8) is 0 Å². The highest BCUT2D eigenvalue weighted by molar-refractivity contribution is 5.29. The minimum Gasteiger partial charge on any atom is -0.489 e. The van der Waals surface area contributed by atoms with Gasteiger partial charge in [0, 0.05) is 11.1 Å². The lowest BCUT2D eigenvalue weighted by Crippen LogP contribution is -2.49. The monoisotopic (exact) mass is 790 g/mol. The number of rotatable bonds is 23. The van der Waals surface area contributed by atoms with E-state index in [0.29, 0.717) is 35.8 Å². The molecule has 0 aromatic heterocycles. The molecular weight excluding hydrogens is 743 g/mol. The molecule has 0 saturated heterocycles. The molecule has 10 heteroatoms. The largest absolute Gasteiger partial charge is 0.489 e. The predicted octanol–water partition coefficient (Wildman–Crippen LogP) is 8.75. The topological polar surface area (TPSA) is 95.8 Å². The number of aliphatic hydroxyl groups is 2. The second kappa shape index (κ2) is 22.5. The minimum absolute atomic E-state index is 0.0600. The smallest absolute Gasteiger partial charge is 0.128 e. The number of benzene rings is 6. The van der Waals surface area contributed by atoms with E-state index in [-0.39, 0.29) is 39.6 Å². The second-order valence-corrected chi connectivity index (χ2v) is 13.7. The van der Waals surface area contributed by atoms with Crippen LogP contribution in [0.15, 0.2) is 158 Å². The van der Waals surface area contributed by atoms with Gasteiger partial charge in [0.15, 0.2) is 0 Å². The Labute approximate surface area is 338 Å². The van der Waals surface area contributed by atoms with E-state index < -0.39 is 36.1 Å². The molecule has 302 valence electrons. The zero-order valence-corrected chi connectivity index (χ0v) is 32.1. The fraction of sp³-hybridized carbons (Fsp3) is 0.250. The predicted molar refractivity (Wildman–Crippen MR) is 216 cm³/mol. The maximum atomic E-state index is 14.4. The maximum absolute atomic E-state index is 14.4. The second-order valence-electron chi connectivity index (χ2n) is 13.7. The first-order chi connectivity index (χ1) is 28.4. The normalized spacial score (nSPS) is 13.4. The van der Waals surface area contributed by atoms with Gasteiger partial charge in [-0.15, -0.1) is 0 Å². The van der Waals surface area contributed by atoms with Crippen LogP contribution in [0, 0.1) is 11.6 Å². The van der Waals surface area contributed by atoms with Gasteiger partial charge in [0.1, 0.15) is 60.8 Å². The van der Waals surface area contributed by atoms with Crippen LogP contribution in [0.2, 0.25) is 0 Å². The molecule has 0 aliphatic carbocycles. The van der Waals surface area contributed by atoms with Crippen LogP contribution >= 0.6 is 0 Å². The van der Waals surface area contributed by atoms with Crippen molar-refractivity contribution in [2.75, 3.05) is 13.2 Å². The summed E-state index contributed by atoms with van der Waals surface area (Å²) < 4.78 is 64.7. The molecular formula is C48H48F2O8. The van der Waals surface area contributed by atoms with Gasteiger partial charge in [-0.2, -0.15) is 0 Å². The van der Waals surface area contributed by atoms with Gasteiger partial charge < -0.3 is 38.6 Å². The third-order valence-corrected chi connectivity index (χ3v) is 9.38. The van der Waals surface area contributed by atoms with E-state index in [1.165, 1.54) is 12.1 Å². The Morgan fingerprint density at radius 3 is 1.10 bits per heavy atom. The first-order valence-electron chi connectivity index (χ1n) is 19.1. The molecule has 0 heterocycles. The molecule has 0 aliphatic rings. The summed E-state index contributed by atoms with van der Waals surface area (Å²) in [7, 11) is 0. The summed E-state index contributed by atoms with van der Waals surface area (Å²) in [6.07, 6.45) is -5.22. The van der Waals surface area contributed by atoms with E-state index in [2.05, 4.69) is 0 Å². The lowest BCUT2D eigenvalue weighted by molar-refractivity contribution is -0.170. The molecule has 0 amide bonds. The quantitative estimate of drug-likeness (QED) is 0.0666. The highest BCUT2D eigenvalue weighted by atomic mass is 19.1. The number of aliphatic hydroxyl groups excluding tert-OH is 2. The molecule has 6 rings (SSSR count). The molecule has 2 N–H and O–H groups in total. The van der Waals surface area contributed by atoms with Crippen molar-refractivity contribution in [1.29, 1.82) is 0 Å². The van der Waals surface area contributed by atoms with Crippen molar-refractivity contribution in [2.24, 2.45) is 0 Å². The Balaban J connectivity index is 1.12. The van der Waals surface area contributed by atoms with Crippen molar-refractivity contribution < 1.29 is 47.4 Å². The molecule has 58 heavy (non-hydrogen) atoms. The van der Waals surface area contributed by atoms with Crippen molar-refractivity contribution in [1.82, 2.24) is 0 Å². The van der Waals surface area contributed by atoms with Crippen LogP contribution in [0.3, 0.4) is 0 Å². The summed E-state index contributed by atoms with van der Waals surface area (Å²) in [6, 6.07) is 46.9. The molecule has 0 radical (unpaired) electrons. The fourth-order valence-corrected chi connectivity index (χ4v) is 5.98. The van der Waals surface area contributed by atoms with Gasteiger partial charge in [0.2, 0.25) is 0 Å². The van der Waals surface area contributed by atoms with Gasteiger partial charge in [-0.3, -0.25) is 0 Å². The summed E-state index contributed by atoms with van der Waals surface area (Å²) >= 11 is 0. The number of halogens is 2. The molecule has 4 atom stereocenters. The van der Waals surface area contributed by atoms with Crippen LogP contribution in [-0.2, 0) is 58.6 Å². The van der Waals surface area contributed by atoms with Gasteiger partial charge in [0.25, 0.3) is 0 Å². The highest BCUT2D eigenvalue weighted by Crippen LogP contribution is 2.21. The first-order valence-corrected chi connectivity index (χ1v) is 19.1. The lowest BCUT2D eigenvalue weighted by atomic mass is 10.0. The Morgan fingerprint density at radius 1 is 0.379 bits per heavy atom. The zero-order chi connectivity index (χ0) is 40.4. The Morgan fingerprint density at radius 2 is 0.724 bits per heavy atom. The molecule has 0 saturated carbocycles. The third-order valence-electron chi connectivity index (χ3n) is 9.38. The Hall–Kier alpha value is -5.46. The lowest BCUT2D eigenvalue weighted by Gasteiger charge is -2.32. The summed E-state index contributed by atoms with van der Waals surface area (Å²) in [4.78, 5) is 0. The van der Waals surface area contributed by atoms with Gasteiger partial charge >= 0.3 is 0 Å². The average molecular weight is 791 g/mol. The Kier molecular flexibility index (Phi) is 16.3. The van der Waals surface area contributed by atoms with Crippen molar-refractivity contribution >= 4 is 0 Å². The van der Waals surface area contributed by atoms with E-state index in [4.69, 9.17) is 28.4 Å². The minimum atomic E-state index is -1.54. The standard InChI is InChI=1S/C48H48F2O8/c49-43-17-9-7-15-39(43)31-53-33-45(57-29-37-19-23-41(24-20-37)55-27-35-11-3-1-4-12-35)47(51)48(52)46(34-54-32-40-16-8-10-18-44(40)50)58-30-38-21-25-42(26-22-38)56-28-36-13-5-2-6-14-36/h1-26,45-48,51-52H,27-34H2/t45-,46-,47-,48-/m1/s1. The van der Waals surface area contributed by atoms with Gasteiger partial charge in [-0.1, -0.05) is 121 Å². The summed E-state index contributed by atoms with van der Waals surface area (Å²) in [5, 5.41) is 23.4. The van der Waals surface area contributed by atoms with Crippen molar-refractivity contribution in [2.45, 2.75) is 64.1 Å². The SMILES string of the molecule is O[C@@H]([C@H](O)[C@@H](COCc1ccccc1F)OCc1ccc(OCc2ccccc2)cc1)[C@@H](COCc1ccccc1F)OCc1ccc(OCc2ccccc2)cc1. The molecule has 0 fully saturated rings. The number of ether oxygens (including phenoxy) is 6. The molecule has 0 unspecified atom stereocenters. The zero-order valence-electron chi connectivity index (χ0n) is 32.1. The Bertz CT molecular complexity index is 1920. The van der Waals surface area contributed by atoms with E-state index >= 15 is 0 Å². The summed E-state index contributed by atoms with van der Waals surface area (Å²) in [6.45, 7) is 0.429. The number of hydrogen-bond acceptors (Lipinski definition) is 8. The first kappa shape index (κ1) is 42.2. The van der Waals surface area contributed by atoms with Crippen molar-refractivity contribution in [3.8, 4) is 11.5 Å². The van der Waals surface area contributed by atoms with Crippen LogP contribution < -0.4 is 9.47 Å². The number of hydrogen-bond donors (Lipinski definition) is 2. The van der Waals surface area contributed by atoms with Gasteiger partial charge in [-0.25, -0.2) is 8.78 Å². The van der Waals surface area contributed by atoms with Crippen LogP contribution in [0.25, 0.3) is 0 Å². The van der Waals surface area contributed by atoms with Crippen LogP contribution in [0.4, 0.5) is 8.78 Å². The van der Waals surface area contributed by atoms with E-state index in [0.717, 1.165) is 22.3 Å². The van der Waals surface area contributed by atoms with E-state index in [1.54, 1.807) is 36.4 Å². The summed E-state index contributed by atoms with van der Waals surface area (Å²) in [5.41, 5.74) is 4.32. The highest BCUT2D eigenvalue weighted by Gasteiger charge is 2.34. The molecule has 6 aromatic rings. The van der Waals surface area contributed by atoms with Crippen molar-refractivity contribution in [3.05, 3.63) is 203 Å². The molecule has 0 aliphatic heterocycles. The summed E-state index contributed by atoms with van der Waals surface area (Å²) in [5.74, 6) is 0.507. The van der Waals surface area contributed by atoms with E-state index in [9.17, 15) is 19.0 Å². The molecule has 0 spiro atoms. The molecule has 8 nitrogen and oxygen atoms in total. The van der Waals surface area contributed by atoms with E-state index in [1.807, 2.05) is 109 Å². The van der Waals surface area contributed by atoms with Crippen LogP contribution in [0.5, 0.6) is 11.5 Å². The maximum Gasteiger partial charge on any atom is 0.128 e. The molecule has 6 aromatic carbocycles. The van der Waals surface area contributed by atoms with Gasteiger partial charge in [-0.05, 0) is 58.7 Å². The van der Waals surface area contributed by atoms with Gasteiger partial charge in [0.05, 0.1) is 39.6 Å². The fourth-order valence-electron chi connectivity index (χ4n) is 5.98. The average Bonchev–Trinajstić information content (AvgIpc) is 3.26. The van der Waals surface area contributed by atoms with Crippen LogP contribution in [-0.4, -0.2) is 47.8 Å².